The van der Waals surface area contributed by atoms with Crippen molar-refractivity contribution in [1.82, 2.24) is 34.5 Å². The molecule has 0 saturated heterocycles. The number of fused-ring (bicyclic) bond motifs is 1. The molecule has 0 atom stereocenters. The van der Waals surface area contributed by atoms with Gasteiger partial charge in [-0.25, -0.2) is 24.9 Å². The number of hydrogen-bond acceptors (Lipinski definition) is 7. The lowest BCUT2D eigenvalue weighted by Gasteiger charge is -2.09. The molecule has 28 heavy (non-hydrogen) atoms. The van der Waals surface area contributed by atoms with E-state index in [0.717, 1.165) is 28.0 Å². The third-order valence-corrected chi connectivity index (χ3v) is 4.31. The van der Waals surface area contributed by atoms with Gasteiger partial charge in [0.25, 0.3) is 0 Å². The van der Waals surface area contributed by atoms with E-state index in [0.29, 0.717) is 30.9 Å². The van der Waals surface area contributed by atoms with E-state index in [4.69, 9.17) is 4.74 Å². The Morgan fingerprint density at radius 3 is 2.57 bits per heavy atom. The molecule has 8 nitrogen and oxygen atoms in total. The highest BCUT2D eigenvalue weighted by atomic mass is 16.5. The average molecular weight is 375 g/mol. The summed E-state index contributed by atoms with van der Waals surface area (Å²) in [6.07, 6.45) is 9.35. The van der Waals surface area contributed by atoms with Crippen LogP contribution in [0.15, 0.2) is 43.2 Å². The molecule has 0 fully saturated rings. The molecule has 8 heteroatoms. The Morgan fingerprint density at radius 1 is 1.00 bits per heavy atom. The number of nitrogens with zero attached hydrogens (tertiary/aromatic N) is 7. The summed E-state index contributed by atoms with van der Waals surface area (Å²) >= 11 is 0. The molecule has 0 saturated carbocycles. The number of ether oxygens (including phenoxy) is 1. The number of imidazole rings is 1. The summed E-state index contributed by atoms with van der Waals surface area (Å²) in [5.41, 5.74) is 4.52. The SMILES string of the molecule is CCOc1ncc(-c2nccc(Cc3cc4c(cn3)ncn4C(C)C)n2)cn1. The molecule has 0 aliphatic carbocycles. The molecular weight excluding hydrogens is 354 g/mol. The zero-order chi connectivity index (χ0) is 19.5. The summed E-state index contributed by atoms with van der Waals surface area (Å²) in [6.45, 7) is 6.69. The van der Waals surface area contributed by atoms with E-state index in [1.807, 2.05) is 25.5 Å². The molecule has 0 unspecified atom stereocenters. The first-order valence-corrected chi connectivity index (χ1v) is 9.22. The van der Waals surface area contributed by atoms with E-state index >= 15 is 0 Å². The Bertz CT molecular complexity index is 1090. The molecule has 4 aromatic rings. The number of rotatable bonds is 6. The molecule has 4 rings (SSSR count). The van der Waals surface area contributed by atoms with E-state index in [1.165, 1.54) is 0 Å². The highest BCUT2D eigenvalue weighted by molar-refractivity contribution is 5.74. The number of hydrogen-bond donors (Lipinski definition) is 0. The molecule has 0 bridgehead atoms. The molecule has 0 N–H and O–H groups in total. The van der Waals surface area contributed by atoms with Crippen molar-refractivity contribution in [2.24, 2.45) is 0 Å². The molecule has 0 aliphatic rings. The third kappa shape index (κ3) is 3.66. The Morgan fingerprint density at radius 2 is 1.82 bits per heavy atom. The molecule has 0 aromatic carbocycles. The maximum atomic E-state index is 5.28. The molecule has 0 spiro atoms. The maximum Gasteiger partial charge on any atom is 0.316 e. The van der Waals surface area contributed by atoms with Crippen LogP contribution in [0.5, 0.6) is 6.01 Å². The summed E-state index contributed by atoms with van der Waals surface area (Å²) in [5.74, 6) is 0.578. The van der Waals surface area contributed by atoms with E-state index < -0.39 is 0 Å². The predicted octanol–water partition coefficient (Wildman–Crippen LogP) is 3.25. The highest BCUT2D eigenvalue weighted by Crippen LogP contribution is 2.19. The van der Waals surface area contributed by atoms with Crippen LogP contribution in [-0.4, -0.2) is 41.1 Å². The summed E-state index contributed by atoms with van der Waals surface area (Å²) in [5, 5.41) is 0. The summed E-state index contributed by atoms with van der Waals surface area (Å²) in [4.78, 5) is 26.3. The lowest BCUT2D eigenvalue weighted by molar-refractivity contribution is 0.312. The van der Waals surface area contributed by atoms with Crippen molar-refractivity contribution in [3.05, 3.63) is 54.6 Å². The molecule has 0 amide bonds. The Balaban J connectivity index is 1.59. The topological polar surface area (TPSA) is 91.5 Å². The van der Waals surface area contributed by atoms with E-state index in [2.05, 4.69) is 54.4 Å². The second-order valence-corrected chi connectivity index (χ2v) is 6.65. The standard InChI is InChI=1S/C20H21N7O/c1-4-28-20-23-9-14(10-24-20)19-21-6-5-15(26-19)7-16-8-18-17(11-22-16)25-12-27(18)13(2)3/h5-6,8-13H,4,7H2,1-3H3. The minimum Gasteiger partial charge on any atom is -0.464 e. The second kappa shape index (κ2) is 7.67. The first-order chi connectivity index (χ1) is 13.6. The quantitative estimate of drug-likeness (QED) is 0.511. The van der Waals surface area contributed by atoms with E-state index in [-0.39, 0.29) is 0 Å². The van der Waals surface area contributed by atoms with Crippen molar-refractivity contribution in [2.45, 2.75) is 33.2 Å². The largest absolute Gasteiger partial charge is 0.464 e. The van der Waals surface area contributed by atoms with Crippen molar-refractivity contribution in [2.75, 3.05) is 6.61 Å². The first kappa shape index (κ1) is 18.0. The Kier molecular flexibility index (Phi) is 4.92. The van der Waals surface area contributed by atoms with Gasteiger partial charge in [-0.05, 0) is 32.9 Å². The van der Waals surface area contributed by atoms with Gasteiger partial charge >= 0.3 is 6.01 Å². The van der Waals surface area contributed by atoms with Crippen LogP contribution in [0.3, 0.4) is 0 Å². The summed E-state index contributed by atoms with van der Waals surface area (Å²) < 4.78 is 7.42. The highest BCUT2D eigenvalue weighted by Gasteiger charge is 2.10. The molecule has 142 valence electrons. The van der Waals surface area contributed by atoms with Crippen LogP contribution in [0.4, 0.5) is 0 Å². The molecule has 4 aromatic heterocycles. The number of aromatic nitrogens is 7. The van der Waals surface area contributed by atoms with Gasteiger partial charge in [0, 0.05) is 36.7 Å². The summed E-state index contributed by atoms with van der Waals surface area (Å²) in [6, 6.07) is 4.65. The fourth-order valence-corrected chi connectivity index (χ4v) is 2.93. The molecule has 0 radical (unpaired) electrons. The first-order valence-electron chi connectivity index (χ1n) is 9.22. The smallest absolute Gasteiger partial charge is 0.316 e. The molecule has 4 heterocycles. The van der Waals surface area contributed by atoms with Gasteiger partial charge in [-0.2, -0.15) is 0 Å². The lowest BCUT2D eigenvalue weighted by Crippen LogP contribution is -2.01. The maximum absolute atomic E-state index is 5.28. The fourth-order valence-electron chi connectivity index (χ4n) is 2.93. The molecule has 0 aliphatic heterocycles. The predicted molar refractivity (Wildman–Crippen MR) is 105 cm³/mol. The van der Waals surface area contributed by atoms with Gasteiger partial charge < -0.3 is 9.30 Å². The summed E-state index contributed by atoms with van der Waals surface area (Å²) in [7, 11) is 0. The number of pyridine rings is 1. The minimum absolute atomic E-state index is 0.338. The van der Waals surface area contributed by atoms with Crippen LogP contribution < -0.4 is 4.74 Å². The van der Waals surface area contributed by atoms with Crippen molar-refractivity contribution in [1.29, 1.82) is 0 Å². The van der Waals surface area contributed by atoms with Crippen LogP contribution in [0.2, 0.25) is 0 Å². The lowest BCUT2D eigenvalue weighted by atomic mass is 10.2. The van der Waals surface area contributed by atoms with Crippen molar-refractivity contribution < 1.29 is 4.74 Å². The fraction of sp³-hybridized carbons (Fsp3) is 0.300. The van der Waals surface area contributed by atoms with Crippen LogP contribution >= 0.6 is 0 Å². The van der Waals surface area contributed by atoms with Gasteiger partial charge in [-0.15, -0.1) is 0 Å². The second-order valence-electron chi connectivity index (χ2n) is 6.65. The van der Waals surface area contributed by atoms with Crippen LogP contribution in [0, 0.1) is 0 Å². The average Bonchev–Trinajstić information content (AvgIpc) is 3.13. The van der Waals surface area contributed by atoms with Crippen LogP contribution in [-0.2, 0) is 6.42 Å². The van der Waals surface area contributed by atoms with Crippen molar-refractivity contribution >= 4 is 11.0 Å². The van der Waals surface area contributed by atoms with E-state index in [1.54, 1.807) is 18.6 Å². The van der Waals surface area contributed by atoms with Crippen LogP contribution in [0.1, 0.15) is 38.2 Å². The van der Waals surface area contributed by atoms with Gasteiger partial charge in [0.1, 0.15) is 5.52 Å². The zero-order valence-corrected chi connectivity index (χ0v) is 16.1. The monoisotopic (exact) mass is 375 g/mol. The van der Waals surface area contributed by atoms with Gasteiger partial charge in [0.2, 0.25) is 0 Å². The van der Waals surface area contributed by atoms with E-state index in [9.17, 15) is 0 Å². The normalized spacial score (nSPS) is 11.3. The van der Waals surface area contributed by atoms with Gasteiger partial charge in [0.15, 0.2) is 5.82 Å². The van der Waals surface area contributed by atoms with Gasteiger partial charge in [-0.3, -0.25) is 4.98 Å². The van der Waals surface area contributed by atoms with Gasteiger partial charge in [-0.1, -0.05) is 0 Å². The van der Waals surface area contributed by atoms with Gasteiger partial charge in [0.05, 0.1) is 35.9 Å². The minimum atomic E-state index is 0.338. The van der Waals surface area contributed by atoms with Crippen LogP contribution in [0.25, 0.3) is 22.4 Å². The third-order valence-electron chi connectivity index (χ3n) is 4.31. The Labute approximate surface area is 162 Å². The van der Waals surface area contributed by atoms with Crippen molar-refractivity contribution in [3.8, 4) is 17.4 Å². The molecular formula is C20H21N7O. The Hall–Kier alpha value is -3.42. The van der Waals surface area contributed by atoms with Crippen molar-refractivity contribution in [3.63, 3.8) is 0 Å². The zero-order valence-electron chi connectivity index (χ0n) is 16.1.